The smallest absolute Gasteiger partial charge is 0.245 e. The molecule has 194 valence electrons. The maximum Gasteiger partial charge on any atom is 0.245 e. The molecule has 1 heterocycles. The molecule has 0 aliphatic rings. The van der Waals surface area contributed by atoms with Crippen LogP contribution in [0.5, 0.6) is 0 Å². The van der Waals surface area contributed by atoms with Gasteiger partial charge in [-0.1, -0.05) is 59.6 Å². The van der Waals surface area contributed by atoms with Crippen LogP contribution >= 0.6 is 34.5 Å². The van der Waals surface area contributed by atoms with E-state index >= 15 is 0 Å². The van der Waals surface area contributed by atoms with Crippen molar-refractivity contribution in [3.8, 4) is 0 Å². The quantitative estimate of drug-likeness (QED) is 0.287. The van der Waals surface area contributed by atoms with Crippen LogP contribution in [0.4, 0.5) is 4.39 Å². The highest BCUT2D eigenvalue weighted by molar-refractivity contribution is 7.12. The number of thiophene rings is 1. The first-order chi connectivity index (χ1) is 17.5. The maximum absolute atomic E-state index is 13.6. The molecule has 3 rings (SSSR count). The molecule has 1 aromatic heterocycles. The lowest BCUT2D eigenvalue weighted by atomic mass is 10.1. The van der Waals surface area contributed by atoms with E-state index in [1.54, 1.807) is 31.2 Å². The van der Waals surface area contributed by atoms with Crippen molar-refractivity contribution in [1.82, 2.24) is 10.2 Å². The van der Waals surface area contributed by atoms with Gasteiger partial charge in [0, 0.05) is 6.04 Å². The van der Waals surface area contributed by atoms with Crippen LogP contribution in [-0.4, -0.2) is 35.0 Å². The van der Waals surface area contributed by atoms with Crippen LogP contribution in [0.2, 0.25) is 10.0 Å². The normalized spacial score (nSPS) is 12.4. The molecule has 0 spiro atoms. The van der Waals surface area contributed by atoms with Gasteiger partial charge in [0.25, 0.3) is 0 Å². The largest absolute Gasteiger partial charge is 0.331 e. The van der Waals surface area contributed by atoms with E-state index in [1.807, 2.05) is 51.1 Å². The number of carbonyl (C=O) groups excluding carboxylic acids is 2. The minimum absolute atomic E-state index is 0.0787. The Kier molecular flexibility index (Phi) is 10.0. The molecule has 0 aliphatic carbocycles. The second-order valence-corrected chi connectivity index (χ2v) is 10.6. The molecular weight excluding hydrogens is 532 g/mol. The minimum Gasteiger partial charge on any atom is -0.331 e. The van der Waals surface area contributed by atoms with E-state index in [4.69, 9.17) is 23.2 Å². The third-order valence-electron chi connectivity index (χ3n) is 5.63. The van der Waals surface area contributed by atoms with Gasteiger partial charge in [0.1, 0.15) is 12.4 Å². The first-order valence-electron chi connectivity index (χ1n) is 11.7. The summed E-state index contributed by atoms with van der Waals surface area (Å²) in [5, 5.41) is 3.34. The molecule has 0 saturated carbocycles. The van der Waals surface area contributed by atoms with E-state index < -0.39 is 5.91 Å². The number of aliphatic imine (C=N–C) groups is 1. The molecular formula is C28H28Cl2FN3O2S. The fourth-order valence-electron chi connectivity index (χ4n) is 3.57. The van der Waals surface area contributed by atoms with Crippen molar-refractivity contribution >= 4 is 57.6 Å². The summed E-state index contributed by atoms with van der Waals surface area (Å²) < 4.78 is 13.6. The predicted molar refractivity (Wildman–Crippen MR) is 151 cm³/mol. The average molecular weight is 561 g/mol. The van der Waals surface area contributed by atoms with Crippen molar-refractivity contribution in [3.63, 3.8) is 0 Å². The summed E-state index contributed by atoms with van der Waals surface area (Å²) in [4.78, 5) is 33.1. The number of nitrogens with zero attached hydrogens (tertiary/aromatic N) is 2. The van der Waals surface area contributed by atoms with E-state index in [2.05, 4.69) is 10.3 Å². The van der Waals surface area contributed by atoms with Crippen molar-refractivity contribution in [2.24, 2.45) is 4.99 Å². The number of carbonyl (C=O) groups is 2. The van der Waals surface area contributed by atoms with E-state index in [-0.39, 0.29) is 30.0 Å². The first kappa shape index (κ1) is 28.6. The average Bonchev–Trinajstić information content (AvgIpc) is 3.30. The van der Waals surface area contributed by atoms with Gasteiger partial charge in [0.05, 0.1) is 27.1 Å². The summed E-state index contributed by atoms with van der Waals surface area (Å²) in [6, 6.07) is 17.4. The number of nitrogens with one attached hydrogen (secondary N) is 1. The Bertz CT molecular complexity index is 1340. The molecule has 2 aromatic carbocycles. The lowest BCUT2D eigenvalue weighted by Crippen LogP contribution is -2.44. The van der Waals surface area contributed by atoms with Crippen LogP contribution in [0.1, 0.15) is 43.7 Å². The Morgan fingerprint density at radius 1 is 1.03 bits per heavy atom. The Hall–Kier alpha value is -3.00. The third-order valence-corrected chi connectivity index (χ3v) is 7.35. The maximum atomic E-state index is 13.6. The van der Waals surface area contributed by atoms with Gasteiger partial charge in [-0.2, -0.15) is 4.39 Å². The van der Waals surface area contributed by atoms with Crippen molar-refractivity contribution in [1.29, 1.82) is 0 Å². The highest BCUT2D eigenvalue weighted by Crippen LogP contribution is 2.24. The molecule has 0 bridgehead atoms. The van der Waals surface area contributed by atoms with Gasteiger partial charge < -0.3 is 10.2 Å². The van der Waals surface area contributed by atoms with Crippen molar-refractivity contribution in [3.05, 3.63) is 97.7 Å². The summed E-state index contributed by atoms with van der Waals surface area (Å²) in [6.45, 7) is 7.15. The minimum atomic E-state index is -0.393. The van der Waals surface area contributed by atoms with Crippen molar-refractivity contribution < 1.29 is 14.0 Å². The number of hydrogen-bond acceptors (Lipinski definition) is 4. The summed E-state index contributed by atoms with van der Waals surface area (Å²) in [7, 11) is 0. The summed E-state index contributed by atoms with van der Waals surface area (Å²) >= 11 is 13.1. The Morgan fingerprint density at radius 3 is 2.32 bits per heavy atom. The Morgan fingerprint density at radius 2 is 1.73 bits per heavy atom. The molecule has 5 nitrogen and oxygen atoms in total. The highest BCUT2D eigenvalue weighted by Gasteiger charge is 2.22. The van der Waals surface area contributed by atoms with Gasteiger partial charge in [-0.15, -0.1) is 11.3 Å². The molecule has 9 heteroatoms. The molecule has 0 saturated heterocycles. The Labute approximate surface area is 230 Å². The standard InChI is InChI=1S/C28H28Cl2FN3O2S/c1-17(2)34(27(36)15-20-10-11-22(29)23(30)14-20)16-26(35)33-28(18(3)21-8-6-5-7-9-21)32-19(4)24-12-13-25(31)37-24/h5-14,17H,15-16H2,1-4H3,(H,33,35)/b28-18-,32-19?. The van der Waals surface area contributed by atoms with Gasteiger partial charge in [-0.25, -0.2) is 4.99 Å². The van der Waals surface area contributed by atoms with Crippen LogP contribution < -0.4 is 5.32 Å². The lowest BCUT2D eigenvalue weighted by Gasteiger charge is -2.26. The van der Waals surface area contributed by atoms with Gasteiger partial charge >= 0.3 is 0 Å². The van der Waals surface area contributed by atoms with E-state index in [1.165, 1.54) is 11.0 Å². The van der Waals surface area contributed by atoms with Gasteiger partial charge in [0.2, 0.25) is 11.8 Å². The number of halogens is 3. The number of allylic oxidation sites excluding steroid dienone is 1. The van der Waals surface area contributed by atoms with Gasteiger partial charge in [0.15, 0.2) is 5.13 Å². The lowest BCUT2D eigenvalue weighted by molar-refractivity contribution is -0.137. The fraction of sp³-hybridized carbons (Fsp3) is 0.250. The molecule has 3 aromatic rings. The van der Waals surface area contributed by atoms with Gasteiger partial charge in [-0.05, 0) is 68.7 Å². The summed E-state index contributed by atoms with van der Waals surface area (Å²) in [5.41, 5.74) is 2.89. The first-order valence-corrected chi connectivity index (χ1v) is 13.2. The van der Waals surface area contributed by atoms with E-state index in [9.17, 15) is 14.0 Å². The van der Waals surface area contributed by atoms with E-state index in [0.29, 0.717) is 32.0 Å². The van der Waals surface area contributed by atoms with Crippen LogP contribution in [-0.2, 0) is 16.0 Å². The number of amides is 2. The van der Waals surface area contributed by atoms with Gasteiger partial charge in [-0.3, -0.25) is 9.59 Å². The Balaban J connectivity index is 1.84. The highest BCUT2D eigenvalue weighted by atomic mass is 35.5. The second-order valence-electron chi connectivity index (χ2n) is 8.73. The molecule has 0 unspecified atom stereocenters. The summed E-state index contributed by atoms with van der Waals surface area (Å²) in [6.07, 6.45) is 0.0787. The van der Waals surface area contributed by atoms with E-state index in [0.717, 1.165) is 22.5 Å². The van der Waals surface area contributed by atoms with Crippen molar-refractivity contribution in [2.45, 2.75) is 40.2 Å². The molecule has 0 atom stereocenters. The van der Waals surface area contributed by atoms with Crippen LogP contribution in [0.25, 0.3) is 5.57 Å². The number of rotatable bonds is 9. The molecule has 1 N–H and O–H groups in total. The zero-order chi connectivity index (χ0) is 27.1. The third kappa shape index (κ3) is 7.99. The fourth-order valence-corrected chi connectivity index (χ4v) is 4.57. The second kappa shape index (κ2) is 13.0. The topological polar surface area (TPSA) is 61.8 Å². The monoisotopic (exact) mass is 559 g/mol. The van der Waals surface area contributed by atoms with Crippen LogP contribution in [0.3, 0.4) is 0 Å². The molecule has 37 heavy (non-hydrogen) atoms. The molecule has 0 radical (unpaired) electrons. The summed E-state index contributed by atoms with van der Waals surface area (Å²) in [5.74, 6) is -0.277. The van der Waals surface area contributed by atoms with Crippen LogP contribution in [0.15, 0.2) is 71.5 Å². The molecule has 0 fully saturated rings. The number of benzene rings is 2. The van der Waals surface area contributed by atoms with Crippen molar-refractivity contribution in [2.75, 3.05) is 6.54 Å². The van der Waals surface area contributed by atoms with Crippen LogP contribution in [0, 0.1) is 5.13 Å². The zero-order valence-electron chi connectivity index (χ0n) is 21.0. The zero-order valence-corrected chi connectivity index (χ0v) is 23.3. The predicted octanol–water partition coefficient (Wildman–Crippen LogP) is 6.99. The molecule has 2 amide bonds. The number of hydrogen-bond donors (Lipinski definition) is 1. The SMILES string of the molecule is CC(=N/C(NC(=O)CN(C(=O)Cc1ccc(Cl)c(Cl)c1)C(C)C)=C(\C)c1ccccc1)c1ccc(F)s1. The molecule has 0 aliphatic heterocycles.